The Bertz CT molecular complexity index is 2030. The summed E-state index contributed by atoms with van der Waals surface area (Å²) in [5, 5.41) is 28.7. The summed E-state index contributed by atoms with van der Waals surface area (Å²) in [5.74, 6) is -0.988. The predicted molar refractivity (Wildman–Crippen MR) is 174 cm³/mol. The van der Waals surface area contributed by atoms with Crippen molar-refractivity contribution in [1.82, 2.24) is 0 Å². The van der Waals surface area contributed by atoms with Gasteiger partial charge in [0.05, 0.1) is 37.0 Å². The third kappa shape index (κ3) is 5.32. The number of hydrogen-bond acceptors (Lipinski definition) is 7. The molecule has 0 saturated carbocycles. The van der Waals surface area contributed by atoms with Crippen molar-refractivity contribution >= 4 is 23.1 Å². The van der Waals surface area contributed by atoms with Crippen LogP contribution in [0.2, 0.25) is 0 Å². The van der Waals surface area contributed by atoms with E-state index in [1.165, 1.54) is 0 Å². The summed E-state index contributed by atoms with van der Waals surface area (Å²) in [5.41, 5.74) is 7.34. The highest BCUT2D eigenvalue weighted by Crippen LogP contribution is 2.48. The second-order valence-corrected chi connectivity index (χ2v) is 10.8. The first-order valence-electron chi connectivity index (χ1n) is 14.9. The summed E-state index contributed by atoms with van der Waals surface area (Å²) in [4.78, 5) is 29.8. The summed E-state index contributed by atoms with van der Waals surface area (Å²) >= 11 is 0. The molecule has 6 rings (SSSR count). The molecular formula is C39H24N4O4. The van der Waals surface area contributed by atoms with E-state index in [0.29, 0.717) is 63.8 Å². The van der Waals surface area contributed by atoms with Crippen molar-refractivity contribution in [2.45, 2.75) is 19.3 Å². The number of esters is 2. The van der Waals surface area contributed by atoms with Crippen LogP contribution in [0.5, 0.6) is 0 Å². The molecule has 2 aliphatic carbocycles. The standard InChI is InChI=1S/C39H24N4O4/c1-43-33(23-42)37-28-14-6-5-13-27(28)36-30(37)16-10-18-32(36)39(45)47-20-8-2-7-19-46-38(44)31-17-9-15-29-34(24(21-40)22-41)25-11-3-4-12-26(25)35(29)31/h3-6,9-18H,2,7-8,19-20H2. The Hall–Kier alpha value is -6.74. The first-order valence-corrected chi connectivity index (χ1v) is 14.9. The lowest BCUT2D eigenvalue weighted by Crippen LogP contribution is -2.10. The molecule has 0 bridgehead atoms. The van der Waals surface area contributed by atoms with Crippen molar-refractivity contribution in [3.8, 4) is 40.5 Å². The minimum Gasteiger partial charge on any atom is -0.462 e. The van der Waals surface area contributed by atoms with Crippen molar-refractivity contribution in [3.63, 3.8) is 0 Å². The Morgan fingerprint density at radius 1 is 0.574 bits per heavy atom. The fourth-order valence-corrected chi connectivity index (χ4v) is 6.23. The Balaban J connectivity index is 1.07. The minimum atomic E-state index is -0.496. The molecule has 224 valence electrons. The molecule has 0 unspecified atom stereocenters. The van der Waals surface area contributed by atoms with Gasteiger partial charge < -0.3 is 9.47 Å². The quantitative estimate of drug-likeness (QED) is 0.0740. The summed E-state index contributed by atoms with van der Waals surface area (Å²) in [6.07, 6.45) is 1.77. The maximum atomic E-state index is 13.2. The second kappa shape index (κ2) is 13.1. The van der Waals surface area contributed by atoms with Crippen molar-refractivity contribution in [2.75, 3.05) is 13.2 Å². The van der Waals surface area contributed by atoms with Gasteiger partial charge in [0, 0.05) is 22.3 Å². The maximum Gasteiger partial charge on any atom is 0.338 e. The molecule has 2 aliphatic rings. The van der Waals surface area contributed by atoms with E-state index in [1.54, 1.807) is 36.4 Å². The molecular weight excluding hydrogens is 588 g/mol. The van der Waals surface area contributed by atoms with E-state index in [1.807, 2.05) is 66.7 Å². The lowest BCUT2D eigenvalue weighted by atomic mass is 9.97. The molecule has 8 heteroatoms. The summed E-state index contributed by atoms with van der Waals surface area (Å²) < 4.78 is 11.2. The summed E-state index contributed by atoms with van der Waals surface area (Å²) in [6, 6.07) is 31.1. The smallest absolute Gasteiger partial charge is 0.338 e. The zero-order valence-electron chi connectivity index (χ0n) is 25.0. The van der Waals surface area contributed by atoms with E-state index in [0.717, 1.165) is 22.3 Å². The van der Waals surface area contributed by atoms with Gasteiger partial charge in [-0.1, -0.05) is 72.8 Å². The molecule has 4 aromatic carbocycles. The van der Waals surface area contributed by atoms with Crippen molar-refractivity contribution in [1.29, 1.82) is 15.8 Å². The Morgan fingerprint density at radius 3 is 1.49 bits per heavy atom. The van der Waals surface area contributed by atoms with Crippen LogP contribution in [0.15, 0.2) is 96.2 Å². The number of ether oxygens (including phenoxy) is 2. The fraction of sp³-hybridized carbons (Fsp3) is 0.128. The van der Waals surface area contributed by atoms with Crippen LogP contribution in [0.3, 0.4) is 0 Å². The summed E-state index contributed by atoms with van der Waals surface area (Å²) in [6.45, 7) is 7.81. The molecule has 0 N–H and O–H groups in total. The van der Waals surface area contributed by atoms with Crippen molar-refractivity contribution in [3.05, 3.63) is 141 Å². The van der Waals surface area contributed by atoms with Crippen LogP contribution >= 0.6 is 0 Å². The van der Waals surface area contributed by atoms with E-state index in [9.17, 15) is 25.4 Å². The number of unbranched alkanes of at least 4 members (excludes halogenated alkanes) is 2. The Labute approximate surface area is 271 Å². The number of benzene rings is 4. The van der Waals surface area contributed by atoms with Gasteiger partial charge >= 0.3 is 11.9 Å². The maximum absolute atomic E-state index is 13.2. The molecule has 0 fully saturated rings. The van der Waals surface area contributed by atoms with Gasteiger partial charge in [-0.25, -0.2) is 19.7 Å². The highest BCUT2D eigenvalue weighted by Gasteiger charge is 2.32. The number of nitriles is 3. The molecule has 0 atom stereocenters. The Morgan fingerprint density at radius 2 is 1.02 bits per heavy atom. The summed E-state index contributed by atoms with van der Waals surface area (Å²) in [7, 11) is 0. The van der Waals surface area contributed by atoms with Gasteiger partial charge in [-0.2, -0.15) is 10.5 Å². The number of carbonyl (C=O) groups excluding carboxylic acids is 2. The topological polar surface area (TPSA) is 128 Å². The molecule has 47 heavy (non-hydrogen) atoms. The van der Waals surface area contributed by atoms with E-state index in [-0.39, 0.29) is 24.5 Å². The average molecular weight is 613 g/mol. The zero-order chi connectivity index (χ0) is 32.9. The van der Waals surface area contributed by atoms with Gasteiger partial charge in [-0.05, 0) is 64.8 Å². The number of hydrogen-bond donors (Lipinski definition) is 0. The van der Waals surface area contributed by atoms with Crippen molar-refractivity contribution < 1.29 is 19.1 Å². The van der Waals surface area contributed by atoms with Crippen LogP contribution < -0.4 is 0 Å². The largest absolute Gasteiger partial charge is 0.462 e. The number of carbonyl (C=O) groups is 2. The first-order chi connectivity index (χ1) is 23.0. The predicted octanol–water partition coefficient (Wildman–Crippen LogP) is 7.88. The first kappa shape index (κ1) is 30.3. The molecule has 0 aliphatic heterocycles. The van der Waals surface area contributed by atoms with Crippen LogP contribution in [0.25, 0.3) is 38.2 Å². The van der Waals surface area contributed by atoms with E-state index >= 15 is 0 Å². The van der Waals surface area contributed by atoms with Crippen LogP contribution in [0.1, 0.15) is 62.2 Å². The van der Waals surface area contributed by atoms with Crippen LogP contribution in [0, 0.1) is 40.6 Å². The second-order valence-electron chi connectivity index (χ2n) is 10.8. The minimum absolute atomic E-state index is 0.0151. The Kier molecular flexibility index (Phi) is 8.44. The highest BCUT2D eigenvalue weighted by atomic mass is 16.5. The SMILES string of the molecule is [C-]#[N+]C(C#N)=C1c2ccccc2-c2c(C(=O)OCCCCCOC(=O)c3cccc4c3-c3ccccc3C4=C(C#N)C#N)cccc21. The molecule has 8 nitrogen and oxygen atoms in total. The van der Waals surface area contributed by atoms with E-state index in [4.69, 9.17) is 16.0 Å². The molecule has 0 saturated heterocycles. The van der Waals surface area contributed by atoms with Crippen LogP contribution in [0.4, 0.5) is 0 Å². The molecule has 0 spiro atoms. The lowest BCUT2D eigenvalue weighted by Gasteiger charge is -2.11. The van der Waals surface area contributed by atoms with Gasteiger partial charge in [0.25, 0.3) is 5.70 Å². The van der Waals surface area contributed by atoms with Gasteiger partial charge in [-0.15, -0.1) is 0 Å². The van der Waals surface area contributed by atoms with Crippen LogP contribution in [-0.4, -0.2) is 25.2 Å². The highest BCUT2D eigenvalue weighted by molar-refractivity contribution is 6.11. The average Bonchev–Trinajstić information content (AvgIpc) is 3.62. The molecule has 0 radical (unpaired) electrons. The fourth-order valence-electron chi connectivity index (χ4n) is 6.23. The van der Waals surface area contributed by atoms with E-state index < -0.39 is 11.9 Å². The van der Waals surface area contributed by atoms with Gasteiger partial charge in [0.2, 0.25) is 0 Å². The van der Waals surface area contributed by atoms with E-state index in [2.05, 4.69) is 4.85 Å². The molecule has 0 heterocycles. The third-order valence-corrected chi connectivity index (χ3v) is 8.22. The lowest BCUT2D eigenvalue weighted by molar-refractivity contribution is 0.0479. The molecule has 0 amide bonds. The third-order valence-electron chi connectivity index (χ3n) is 8.22. The van der Waals surface area contributed by atoms with Crippen LogP contribution in [-0.2, 0) is 9.47 Å². The number of allylic oxidation sites excluding steroid dienone is 2. The van der Waals surface area contributed by atoms with Gasteiger partial charge in [0.15, 0.2) is 0 Å². The molecule has 0 aromatic heterocycles. The molecule has 4 aromatic rings. The van der Waals surface area contributed by atoms with Crippen molar-refractivity contribution in [2.24, 2.45) is 0 Å². The number of nitrogens with zero attached hydrogens (tertiary/aromatic N) is 4. The van der Waals surface area contributed by atoms with Gasteiger partial charge in [-0.3, -0.25) is 0 Å². The number of fused-ring (bicyclic) bond motifs is 6. The zero-order valence-corrected chi connectivity index (χ0v) is 25.0. The van der Waals surface area contributed by atoms with Gasteiger partial charge in [0.1, 0.15) is 17.7 Å². The number of rotatable bonds is 8. The monoisotopic (exact) mass is 612 g/mol. The normalized spacial score (nSPS) is 12.6.